The molecule has 1 rings (SSSR count). The van der Waals surface area contributed by atoms with Crippen LogP contribution in [-0.4, -0.2) is 19.7 Å². The van der Waals surface area contributed by atoms with Crippen LogP contribution in [0.1, 0.15) is 44.4 Å². The van der Waals surface area contributed by atoms with E-state index in [4.69, 9.17) is 9.47 Å². The number of hydrogen-bond acceptors (Lipinski definition) is 3. The highest BCUT2D eigenvalue weighted by Gasteiger charge is 2.21. The molecule has 0 aliphatic heterocycles. The summed E-state index contributed by atoms with van der Waals surface area (Å²) in [5, 5.41) is 0. The van der Waals surface area contributed by atoms with Crippen LogP contribution in [0.4, 0.5) is 0 Å². The number of carbonyl (C=O) groups is 1. The third-order valence-corrected chi connectivity index (χ3v) is 3.33. The maximum absolute atomic E-state index is 11.7. The van der Waals surface area contributed by atoms with Gasteiger partial charge in [0, 0.05) is 17.6 Å². The van der Waals surface area contributed by atoms with Crippen LogP contribution < -0.4 is 4.74 Å². The average molecular weight is 290 g/mol. The van der Waals surface area contributed by atoms with E-state index in [1.54, 1.807) is 14.0 Å². The van der Waals surface area contributed by atoms with Crippen molar-refractivity contribution in [2.24, 2.45) is 0 Å². The number of benzene rings is 1. The Morgan fingerprint density at radius 1 is 1.29 bits per heavy atom. The molecule has 0 radical (unpaired) electrons. The Hall–Kier alpha value is -1.77. The summed E-state index contributed by atoms with van der Waals surface area (Å²) in [7, 11) is 1.69. The molecule has 1 aromatic carbocycles. The van der Waals surface area contributed by atoms with Gasteiger partial charge in [-0.25, -0.2) is 4.79 Å². The van der Waals surface area contributed by atoms with Crippen molar-refractivity contribution in [1.82, 2.24) is 0 Å². The highest BCUT2D eigenvalue weighted by atomic mass is 16.5. The van der Waals surface area contributed by atoms with E-state index in [0.29, 0.717) is 18.6 Å². The van der Waals surface area contributed by atoms with Crippen LogP contribution in [0.3, 0.4) is 0 Å². The Kier molecular flexibility index (Phi) is 5.59. The van der Waals surface area contributed by atoms with Gasteiger partial charge in [-0.2, -0.15) is 0 Å². The van der Waals surface area contributed by atoms with Gasteiger partial charge in [0.1, 0.15) is 5.75 Å². The highest BCUT2D eigenvalue weighted by molar-refractivity contribution is 5.88. The minimum absolute atomic E-state index is 0.0304. The third-order valence-electron chi connectivity index (χ3n) is 3.33. The van der Waals surface area contributed by atoms with Gasteiger partial charge in [-0.15, -0.1) is 0 Å². The molecule has 0 fully saturated rings. The second-order valence-corrected chi connectivity index (χ2v) is 6.24. The lowest BCUT2D eigenvalue weighted by molar-refractivity contribution is -0.138. The maximum atomic E-state index is 11.7. The first kappa shape index (κ1) is 17.3. The van der Waals surface area contributed by atoms with Crippen molar-refractivity contribution < 1.29 is 14.3 Å². The summed E-state index contributed by atoms with van der Waals surface area (Å²) in [6.45, 7) is 14.4. The van der Waals surface area contributed by atoms with E-state index in [9.17, 15) is 4.79 Å². The molecule has 0 saturated carbocycles. The molecule has 0 aliphatic rings. The normalized spacial score (nSPS) is 11.1. The molecule has 3 nitrogen and oxygen atoms in total. The zero-order valence-electron chi connectivity index (χ0n) is 14.0. The predicted molar refractivity (Wildman–Crippen MR) is 85.9 cm³/mol. The van der Waals surface area contributed by atoms with Gasteiger partial charge in [0.15, 0.2) is 0 Å². The van der Waals surface area contributed by atoms with Crippen molar-refractivity contribution in [3.8, 4) is 5.75 Å². The standard InChI is InChI=1S/C18H26O3/c1-8-21-17(19)13(3)10-14-9-12(2)16(20-7)15(11-14)18(4,5)6/h9,11H,3,8,10H2,1-2,4-7H3. The number of esters is 1. The van der Waals surface area contributed by atoms with Crippen molar-refractivity contribution in [3.63, 3.8) is 0 Å². The van der Waals surface area contributed by atoms with Crippen molar-refractivity contribution in [3.05, 3.63) is 41.0 Å². The van der Waals surface area contributed by atoms with Crippen LogP contribution in [0.5, 0.6) is 5.75 Å². The van der Waals surface area contributed by atoms with Crippen LogP contribution in [0.25, 0.3) is 0 Å². The summed E-state index contributed by atoms with van der Waals surface area (Å²) in [6, 6.07) is 4.13. The highest BCUT2D eigenvalue weighted by Crippen LogP contribution is 2.35. The molecule has 21 heavy (non-hydrogen) atoms. The second-order valence-electron chi connectivity index (χ2n) is 6.24. The van der Waals surface area contributed by atoms with E-state index >= 15 is 0 Å². The quantitative estimate of drug-likeness (QED) is 0.608. The van der Waals surface area contributed by atoms with Gasteiger partial charge in [-0.05, 0) is 30.4 Å². The predicted octanol–water partition coefficient (Wildman–Crippen LogP) is 3.96. The molecule has 0 N–H and O–H groups in total. The lowest BCUT2D eigenvalue weighted by Gasteiger charge is -2.24. The molecular formula is C18H26O3. The molecule has 0 heterocycles. The van der Waals surface area contributed by atoms with Gasteiger partial charge >= 0.3 is 5.97 Å². The fourth-order valence-corrected chi connectivity index (χ4v) is 2.33. The van der Waals surface area contributed by atoms with E-state index in [0.717, 1.165) is 22.4 Å². The molecule has 0 saturated heterocycles. The summed E-state index contributed by atoms with van der Waals surface area (Å²) in [5.41, 5.74) is 3.70. The first-order valence-electron chi connectivity index (χ1n) is 7.23. The largest absolute Gasteiger partial charge is 0.496 e. The van der Waals surface area contributed by atoms with E-state index in [2.05, 4.69) is 33.4 Å². The van der Waals surface area contributed by atoms with Crippen molar-refractivity contribution in [2.45, 2.75) is 46.5 Å². The number of ether oxygens (including phenoxy) is 2. The number of aryl methyl sites for hydroxylation is 1. The minimum Gasteiger partial charge on any atom is -0.496 e. The van der Waals surface area contributed by atoms with Gasteiger partial charge in [0.2, 0.25) is 0 Å². The lowest BCUT2D eigenvalue weighted by atomic mass is 9.83. The van der Waals surface area contributed by atoms with Crippen LogP contribution in [0.2, 0.25) is 0 Å². The maximum Gasteiger partial charge on any atom is 0.333 e. The Labute approximate surface area is 128 Å². The van der Waals surface area contributed by atoms with E-state index in [-0.39, 0.29) is 11.4 Å². The average Bonchev–Trinajstić information content (AvgIpc) is 2.37. The number of hydrogen-bond donors (Lipinski definition) is 0. The van der Waals surface area contributed by atoms with Gasteiger partial charge in [0.25, 0.3) is 0 Å². The van der Waals surface area contributed by atoms with E-state index < -0.39 is 0 Å². The zero-order chi connectivity index (χ0) is 16.2. The van der Waals surface area contributed by atoms with Crippen LogP contribution in [0, 0.1) is 6.92 Å². The summed E-state index contributed by atoms with van der Waals surface area (Å²) in [5.74, 6) is 0.580. The fraction of sp³-hybridized carbons (Fsp3) is 0.500. The Bertz CT molecular complexity index is 536. The van der Waals surface area contributed by atoms with Gasteiger partial charge in [0.05, 0.1) is 13.7 Å². The Morgan fingerprint density at radius 3 is 2.38 bits per heavy atom. The molecule has 1 aromatic rings. The fourth-order valence-electron chi connectivity index (χ4n) is 2.33. The molecule has 0 amide bonds. The molecule has 3 heteroatoms. The summed E-state index contributed by atoms with van der Waals surface area (Å²) < 4.78 is 10.5. The first-order chi connectivity index (χ1) is 9.70. The smallest absolute Gasteiger partial charge is 0.333 e. The monoisotopic (exact) mass is 290 g/mol. The first-order valence-corrected chi connectivity index (χ1v) is 7.23. The lowest BCUT2D eigenvalue weighted by Crippen LogP contribution is -2.15. The summed E-state index contributed by atoms with van der Waals surface area (Å²) >= 11 is 0. The van der Waals surface area contributed by atoms with Crippen LogP contribution in [-0.2, 0) is 21.4 Å². The third kappa shape index (κ3) is 4.35. The van der Waals surface area contributed by atoms with Gasteiger partial charge < -0.3 is 9.47 Å². The molecule has 0 aliphatic carbocycles. The van der Waals surface area contributed by atoms with Gasteiger partial charge in [-0.1, -0.05) is 39.5 Å². The molecular weight excluding hydrogens is 264 g/mol. The summed E-state index contributed by atoms with van der Waals surface area (Å²) in [4.78, 5) is 11.7. The number of carbonyl (C=O) groups excluding carboxylic acids is 1. The Balaban J connectivity index is 3.13. The van der Waals surface area contributed by atoms with E-state index in [1.165, 1.54) is 0 Å². The SMILES string of the molecule is C=C(Cc1cc(C)c(OC)c(C(C)(C)C)c1)C(=O)OCC. The molecule has 116 valence electrons. The van der Waals surface area contributed by atoms with Crippen molar-refractivity contribution in [1.29, 1.82) is 0 Å². The minimum atomic E-state index is -0.330. The summed E-state index contributed by atoms with van der Waals surface area (Å²) in [6.07, 6.45) is 0.493. The molecule has 0 aromatic heterocycles. The molecule has 0 bridgehead atoms. The van der Waals surface area contributed by atoms with Crippen molar-refractivity contribution >= 4 is 5.97 Å². The zero-order valence-corrected chi connectivity index (χ0v) is 14.0. The second kappa shape index (κ2) is 6.79. The van der Waals surface area contributed by atoms with Crippen molar-refractivity contribution in [2.75, 3.05) is 13.7 Å². The van der Waals surface area contributed by atoms with Crippen LogP contribution in [0.15, 0.2) is 24.3 Å². The topological polar surface area (TPSA) is 35.5 Å². The molecule has 0 atom stereocenters. The van der Waals surface area contributed by atoms with Gasteiger partial charge in [-0.3, -0.25) is 0 Å². The number of rotatable bonds is 5. The Morgan fingerprint density at radius 2 is 1.90 bits per heavy atom. The van der Waals surface area contributed by atoms with Crippen LogP contribution >= 0.6 is 0 Å². The number of methoxy groups -OCH3 is 1. The molecule has 0 spiro atoms. The molecule has 0 unspecified atom stereocenters. The van der Waals surface area contributed by atoms with E-state index in [1.807, 2.05) is 13.0 Å².